The number of carbonyl (C=O) groups is 2. The molecule has 5 heteroatoms. The number of benzene rings is 1. The van der Waals surface area contributed by atoms with Crippen LogP contribution in [0.15, 0.2) is 24.3 Å². The molecule has 17 heavy (non-hydrogen) atoms. The van der Waals surface area contributed by atoms with Crippen molar-refractivity contribution in [3.63, 3.8) is 0 Å². The molecule has 0 spiro atoms. The zero-order chi connectivity index (χ0) is 12.7. The van der Waals surface area contributed by atoms with Crippen molar-refractivity contribution in [2.45, 2.75) is 13.0 Å². The minimum Gasteiger partial charge on any atom is -0.480 e. The number of carbonyl (C=O) groups excluding carboxylic acids is 1. The molecule has 0 fully saturated rings. The van der Waals surface area contributed by atoms with E-state index in [2.05, 4.69) is 5.32 Å². The number of methoxy groups -OCH3 is 1. The van der Waals surface area contributed by atoms with E-state index in [1.165, 1.54) is 0 Å². The highest BCUT2D eigenvalue weighted by atomic mass is 16.5. The monoisotopic (exact) mass is 237 g/mol. The van der Waals surface area contributed by atoms with Gasteiger partial charge >= 0.3 is 5.97 Å². The summed E-state index contributed by atoms with van der Waals surface area (Å²) in [7, 11) is 1.60. The normalized spacial score (nSPS) is 9.94. The van der Waals surface area contributed by atoms with Crippen LogP contribution < -0.4 is 5.32 Å². The van der Waals surface area contributed by atoms with E-state index in [0.717, 1.165) is 11.1 Å². The second kappa shape index (κ2) is 6.65. The molecular formula is C12H15NO4. The molecule has 0 saturated heterocycles. The molecule has 5 nitrogen and oxygen atoms in total. The first-order valence-electron chi connectivity index (χ1n) is 5.17. The molecule has 1 aromatic rings. The first-order chi connectivity index (χ1) is 8.11. The van der Waals surface area contributed by atoms with E-state index in [1.54, 1.807) is 7.11 Å². The fourth-order valence-corrected chi connectivity index (χ4v) is 1.42. The van der Waals surface area contributed by atoms with E-state index in [0.29, 0.717) is 6.61 Å². The Hall–Kier alpha value is -1.88. The van der Waals surface area contributed by atoms with Gasteiger partial charge in [0, 0.05) is 7.11 Å². The lowest BCUT2D eigenvalue weighted by molar-refractivity contribution is -0.137. The van der Waals surface area contributed by atoms with Crippen molar-refractivity contribution in [3.8, 4) is 0 Å². The van der Waals surface area contributed by atoms with E-state index in [4.69, 9.17) is 9.84 Å². The van der Waals surface area contributed by atoms with E-state index >= 15 is 0 Å². The fourth-order valence-electron chi connectivity index (χ4n) is 1.42. The lowest BCUT2D eigenvalue weighted by atomic mass is 10.1. The number of nitrogens with one attached hydrogen (secondary N) is 1. The molecule has 0 bridgehead atoms. The van der Waals surface area contributed by atoms with Gasteiger partial charge in [-0.15, -0.1) is 0 Å². The maximum atomic E-state index is 11.4. The molecular weight excluding hydrogens is 222 g/mol. The molecule has 0 aromatic heterocycles. The Bertz CT molecular complexity index is 403. The molecule has 2 N–H and O–H groups in total. The molecule has 1 rings (SSSR count). The van der Waals surface area contributed by atoms with Gasteiger partial charge in [-0.25, -0.2) is 0 Å². The average molecular weight is 237 g/mol. The van der Waals surface area contributed by atoms with E-state index < -0.39 is 5.97 Å². The predicted octanol–water partition coefficient (Wildman–Crippen LogP) is 0.576. The Morgan fingerprint density at radius 1 is 1.35 bits per heavy atom. The predicted molar refractivity (Wildman–Crippen MR) is 61.5 cm³/mol. The van der Waals surface area contributed by atoms with Gasteiger partial charge in [0.15, 0.2) is 0 Å². The van der Waals surface area contributed by atoms with Gasteiger partial charge in [-0.1, -0.05) is 24.3 Å². The first kappa shape index (κ1) is 13.2. The zero-order valence-electron chi connectivity index (χ0n) is 9.60. The molecule has 92 valence electrons. The molecule has 0 aliphatic carbocycles. The zero-order valence-corrected chi connectivity index (χ0v) is 9.60. The molecule has 0 atom stereocenters. The van der Waals surface area contributed by atoms with E-state index in [9.17, 15) is 9.59 Å². The third kappa shape index (κ3) is 5.12. The topological polar surface area (TPSA) is 75.6 Å². The number of ether oxygens (including phenoxy) is 1. The number of amides is 1. The van der Waals surface area contributed by atoms with Gasteiger partial charge in [-0.3, -0.25) is 9.59 Å². The molecule has 0 radical (unpaired) electrons. The van der Waals surface area contributed by atoms with Crippen molar-refractivity contribution in [2.75, 3.05) is 13.7 Å². The van der Waals surface area contributed by atoms with Crippen LogP contribution >= 0.6 is 0 Å². The second-order valence-electron chi connectivity index (χ2n) is 3.60. The Kier molecular flexibility index (Phi) is 5.16. The summed E-state index contributed by atoms with van der Waals surface area (Å²) in [6, 6.07) is 7.43. The minimum atomic E-state index is -1.05. The summed E-state index contributed by atoms with van der Waals surface area (Å²) < 4.78 is 4.99. The summed E-state index contributed by atoms with van der Waals surface area (Å²) in [5.74, 6) is -1.35. The number of aliphatic carboxylic acids is 1. The van der Waals surface area contributed by atoms with Crippen molar-refractivity contribution in [1.29, 1.82) is 0 Å². The molecule has 0 aliphatic rings. The number of carboxylic acid groups (broad SMARTS) is 1. The smallest absolute Gasteiger partial charge is 0.322 e. The molecule has 0 aliphatic heterocycles. The Morgan fingerprint density at radius 3 is 2.71 bits per heavy atom. The number of hydrogen-bond donors (Lipinski definition) is 2. The Morgan fingerprint density at radius 2 is 2.06 bits per heavy atom. The van der Waals surface area contributed by atoms with Gasteiger partial charge in [0.25, 0.3) is 0 Å². The van der Waals surface area contributed by atoms with Crippen LogP contribution in [0.3, 0.4) is 0 Å². The van der Waals surface area contributed by atoms with Crippen molar-refractivity contribution in [2.24, 2.45) is 0 Å². The lowest BCUT2D eigenvalue weighted by Crippen LogP contribution is -2.30. The molecule has 1 amide bonds. The average Bonchev–Trinajstić information content (AvgIpc) is 2.27. The minimum absolute atomic E-state index is 0.171. The summed E-state index contributed by atoms with van der Waals surface area (Å²) in [4.78, 5) is 21.6. The Labute approximate surface area is 99.4 Å². The van der Waals surface area contributed by atoms with Crippen LogP contribution in [-0.4, -0.2) is 30.6 Å². The van der Waals surface area contributed by atoms with Crippen LogP contribution in [0.4, 0.5) is 0 Å². The van der Waals surface area contributed by atoms with Gasteiger partial charge in [-0.05, 0) is 11.1 Å². The van der Waals surface area contributed by atoms with Crippen LogP contribution in [0, 0.1) is 0 Å². The summed E-state index contributed by atoms with van der Waals surface area (Å²) in [6.45, 7) is 0.140. The van der Waals surface area contributed by atoms with Crippen molar-refractivity contribution >= 4 is 11.9 Å². The maximum Gasteiger partial charge on any atom is 0.322 e. The fraction of sp³-hybridized carbons (Fsp3) is 0.333. The Balaban J connectivity index is 2.52. The van der Waals surface area contributed by atoms with Crippen LogP contribution in [0.2, 0.25) is 0 Å². The third-order valence-corrected chi connectivity index (χ3v) is 2.10. The van der Waals surface area contributed by atoms with Gasteiger partial charge < -0.3 is 15.2 Å². The standard InChI is InChI=1S/C12H15NO4/c1-17-8-10-4-2-3-9(5-10)6-11(14)13-7-12(15)16/h2-5H,6-8H2,1H3,(H,13,14)(H,15,16). The maximum absolute atomic E-state index is 11.4. The summed E-state index contributed by atoms with van der Waals surface area (Å²) in [5.41, 5.74) is 1.82. The van der Waals surface area contributed by atoms with Crippen LogP contribution in [-0.2, 0) is 27.4 Å². The molecule has 1 aromatic carbocycles. The third-order valence-electron chi connectivity index (χ3n) is 2.10. The quantitative estimate of drug-likeness (QED) is 0.758. The van der Waals surface area contributed by atoms with Crippen LogP contribution in [0.5, 0.6) is 0 Å². The second-order valence-corrected chi connectivity index (χ2v) is 3.60. The van der Waals surface area contributed by atoms with E-state index in [1.807, 2.05) is 24.3 Å². The van der Waals surface area contributed by atoms with E-state index in [-0.39, 0.29) is 18.9 Å². The highest BCUT2D eigenvalue weighted by Gasteiger charge is 2.05. The van der Waals surface area contributed by atoms with Crippen molar-refractivity contribution in [3.05, 3.63) is 35.4 Å². The molecule has 0 saturated carbocycles. The number of carboxylic acids is 1. The number of hydrogen-bond acceptors (Lipinski definition) is 3. The van der Waals surface area contributed by atoms with Gasteiger partial charge in [-0.2, -0.15) is 0 Å². The summed E-state index contributed by atoms with van der Waals surface area (Å²) in [5, 5.41) is 10.7. The highest BCUT2D eigenvalue weighted by molar-refractivity contribution is 5.82. The highest BCUT2D eigenvalue weighted by Crippen LogP contribution is 2.07. The largest absolute Gasteiger partial charge is 0.480 e. The first-order valence-corrected chi connectivity index (χ1v) is 5.17. The lowest BCUT2D eigenvalue weighted by Gasteiger charge is -2.05. The van der Waals surface area contributed by atoms with Crippen LogP contribution in [0.1, 0.15) is 11.1 Å². The van der Waals surface area contributed by atoms with Gasteiger partial charge in [0.2, 0.25) is 5.91 Å². The van der Waals surface area contributed by atoms with Crippen LogP contribution in [0.25, 0.3) is 0 Å². The number of rotatable bonds is 6. The summed E-state index contributed by atoms with van der Waals surface area (Å²) in [6.07, 6.45) is 0.171. The SMILES string of the molecule is COCc1cccc(CC(=O)NCC(=O)O)c1. The summed E-state index contributed by atoms with van der Waals surface area (Å²) >= 11 is 0. The van der Waals surface area contributed by atoms with Crippen molar-refractivity contribution < 1.29 is 19.4 Å². The molecule has 0 unspecified atom stereocenters. The van der Waals surface area contributed by atoms with Crippen molar-refractivity contribution in [1.82, 2.24) is 5.32 Å². The van der Waals surface area contributed by atoms with Gasteiger partial charge in [0.1, 0.15) is 6.54 Å². The molecule has 0 heterocycles. The van der Waals surface area contributed by atoms with Gasteiger partial charge in [0.05, 0.1) is 13.0 Å².